The number of pyridine rings is 1. The fraction of sp³-hybridized carbons (Fsp3) is 0.300. The number of rotatable bonds is 6. The summed E-state index contributed by atoms with van der Waals surface area (Å²) < 4.78 is 28.8. The van der Waals surface area contributed by atoms with Crippen molar-refractivity contribution in [1.82, 2.24) is 18.8 Å². The largest absolute Gasteiger partial charge is 0.356 e. The summed E-state index contributed by atoms with van der Waals surface area (Å²) in [5.41, 5.74) is 0.972. The number of imidazole rings is 1. The highest BCUT2D eigenvalue weighted by molar-refractivity contribution is 7.89. The average molecular weight is 432 g/mol. The van der Waals surface area contributed by atoms with E-state index in [0.717, 1.165) is 24.2 Å². The van der Waals surface area contributed by atoms with Crippen LogP contribution in [0.15, 0.2) is 59.9 Å². The van der Waals surface area contributed by atoms with Crippen molar-refractivity contribution >= 4 is 27.4 Å². The molecule has 1 aliphatic rings. The van der Waals surface area contributed by atoms with Gasteiger partial charge in [-0.15, -0.1) is 0 Å². The van der Waals surface area contributed by atoms with Gasteiger partial charge in [-0.2, -0.15) is 4.31 Å². The third-order valence-corrected chi connectivity index (χ3v) is 7.19. The summed E-state index contributed by atoms with van der Waals surface area (Å²) in [5.74, 6) is 1.37. The molecule has 0 saturated carbocycles. The zero-order valence-electron chi connectivity index (χ0n) is 16.0. The molecule has 0 radical (unpaired) electrons. The van der Waals surface area contributed by atoms with E-state index in [9.17, 15) is 8.42 Å². The third kappa shape index (κ3) is 4.14. The molecule has 3 aromatic rings. The summed E-state index contributed by atoms with van der Waals surface area (Å²) in [7, 11) is -1.56. The lowest BCUT2D eigenvalue weighted by Crippen LogP contribution is -2.28. The SMILES string of the molecule is Cn1ccnc1C(Nc1ccc(S(=O)(=O)N2CCCC2)cn1)c1ccc(Cl)cc1. The van der Waals surface area contributed by atoms with Gasteiger partial charge in [0.15, 0.2) is 0 Å². The van der Waals surface area contributed by atoms with Crippen LogP contribution >= 0.6 is 11.6 Å². The van der Waals surface area contributed by atoms with Gasteiger partial charge >= 0.3 is 0 Å². The van der Waals surface area contributed by atoms with Gasteiger partial charge in [0, 0.05) is 43.8 Å². The van der Waals surface area contributed by atoms with Gasteiger partial charge in [-0.3, -0.25) is 0 Å². The van der Waals surface area contributed by atoms with Crippen molar-refractivity contribution in [3.63, 3.8) is 0 Å². The maximum atomic E-state index is 12.7. The monoisotopic (exact) mass is 431 g/mol. The molecule has 1 aliphatic heterocycles. The van der Waals surface area contributed by atoms with Crippen LogP contribution in [-0.2, 0) is 17.1 Å². The first kappa shape index (κ1) is 19.9. The molecule has 0 aliphatic carbocycles. The smallest absolute Gasteiger partial charge is 0.244 e. The molecular weight excluding hydrogens is 410 g/mol. The van der Waals surface area contributed by atoms with Crippen molar-refractivity contribution in [2.24, 2.45) is 7.05 Å². The highest BCUT2D eigenvalue weighted by atomic mass is 35.5. The highest BCUT2D eigenvalue weighted by Crippen LogP contribution is 2.27. The number of aryl methyl sites for hydroxylation is 1. The van der Waals surface area contributed by atoms with Crippen molar-refractivity contribution < 1.29 is 8.42 Å². The predicted molar refractivity (Wildman–Crippen MR) is 112 cm³/mol. The Hall–Kier alpha value is -2.42. The first-order valence-electron chi connectivity index (χ1n) is 9.40. The third-order valence-electron chi connectivity index (χ3n) is 5.05. The number of nitrogens with one attached hydrogen (secondary N) is 1. The Balaban J connectivity index is 1.61. The van der Waals surface area contributed by atoms with E-state index >= 15 is 0 Å². The second-order valence-electron chi connectivity index (χ2n) is 7.02. The van der Waals surface area contributed by atoms with Gasteiger partial charge in [0.1, 0.15) is 22.6 Å². The van der Waals surface area contributed by atoms with Crippen molar-refractivity contribution in [3.8, 4) is 0 Å². The van der Waals surface area contributed by atoms with Gasteiger partial charge in [0.2, 0.25) is 10.0 Å². The number of sulfonamides is 1. The van der Waals surface area contributed by atoms with E-state index in [1.807, 2.05) is 42.1 Å². The van der Waals surface area contributed by atoms with Crippen LogP contribution in [0, 0.1) is 0 Å². The van der Waals surface area contributed by atoms with Crippen LogP contribution < -0.4 is 5.32 Å². The molecular formula is C20H22ClN5O2S. The summed E-state index contributed by atoms with van der Waals surface area (Å²) in [4.78, 5) is 9.03. The standard InChI is InChI=1S/C20H22ClN5O2S/c1-25-13-10-22-20(25)19(15-4-6-16(21)7-5-15)24-18-9-8-17(14-23-18)29(27,28)26-11-2-3-12-26/h4-10,13-14,19H,2-3,11-12H2,1H3,(H,23,24). The quantitative estimate of drug-likeness (QED) is 0.646. The summed E-state index contributed by atoms with van der Waals surface area (Å²) in [5, 5.41) is 4.01. The van der Waals surface area contributed by atoms with E-state index in [4.69, 9.17) is 11.6 Å². The number of aromatic nitrogens is 3. The highest BCUT2D eigenvalue weighted by Gasteiger charge is 2.27. The van der Waals surface area contributed by atoms with Crippen LogP contribution in [0.5, 0.6) is 0 Å². The molecule has 1 aromatic carbocycles. The average Bonchev–Trinajstić information content (AvgIpc) is 3.40. The van der Waals surface area contributed by atoms with Crippen LogP contribution in [0.2, 0.25) is 5.02 Å². The van der Waals surface area contributed by atoms with Crippen LogP contribution in [0.4, 0.5) is 5.82 Å². The zero-order chi connectivity index (χ0) is 20.4. The van der Waals surface area contributed by atoms with Crippen LogP contribution in [0.1, 0.15) is 30.3 Å². The van der Waals surface area contributed by atoms with Gasteiger partial charge in [0.05, 0.1) is 0 Å². The maximum absolute atomic E-state index is 12.7. The molecule has 9 heteroatoms. The molecule has 1 unspecified atom stereocenters. The van der Waals surface area contributed by atoms with Gasteiger partial charge in [-0.05, 0) is 42.7 Å². The fourth-order valence-corrected chi connectivity index (χ4v) is 5.04. The predicted octanol–water partition coefficient (Wildman–Crippen LogP) is 3.45. The first-order chi connectivity index (χ1) is 13.9. The fourth-order valence-electron chi connectivity index (χ4n) is 3.45. The normalized spacial score (nSPS) is 16.1. The number of nitrogens with zero attached hydrogens (tertiary/aromatic N) is 4. The van der Waals surface area contributed by atoms with Gasteiger partial charge in [0.25, 0.3) is 0 Å². The molecule has 0 amide bonds. The molecule has 1 fully saturated rings. The zero-order valence-corrected chi connectivity index (χ0v) is 17.6. The van der Waals surface area contributed by atoms with E-state index in [1.54, 1.807) is 18.3 Å². The van der Waals surface area contributed by atoms with E-state index < -0.39 is 10.0 Å². The Labute approximate surface area is 175 Å². The number of anilines is 1. The molecule has 2 aromatic heterocycles. The lowest BCUT2D eigenvalue weighted by molar-refractivity contribution is 0.477. The Bertz CT molecular complexity index is 1070. The topological polar surface area (TPSA) is 80.1 Å². The minimum absolute atomic E-state index is 0.213. The molecule has 152 valence electrons. The Morgan fingerprint density at radius 1 is 1.07 bits per heavy atom. The Morgan fingerprint density at radius 3 is 2.38 bits per heavy atom. The summed E-state index contributed by atoms with van der Waals surface area (Å²) in [6.45, 7) is 1.14. The summed E-state index contributed by atoms with van der Waals surface area (Å²) in [6, 6.07) is 10.5. The van der Waals surface area contributed by atoms with E-state index in [2.05, 4.69) is 15.3 Å². The van der Waals surface area contributed by atoms with Crippen LogP contribution in [0.3, 0.4) is 0 Å². The molecule has 1 N–H and O–H groups in total. The Kier molecular flexibility index (Phi) is 5.58. The second kappa shape index (κ2) is 8.14. The van der Waals surface area contributed by atoms with E-state index in [0.29, 0.717) is 23.9 Å². The second-order valence-corrected chi connectivity index (χ2v) is 9.39. The minimum Gasteiger partial charge on any atom is -0.356 e. The van der Waals surface area contributed by atoms with Crippen molar-refractivity contribution in [1.29, 1.82) is 0 Å². The summed E-state index contributed by atoms with van der Waals surface area (Å²) >= 11 is 6.03. The molecule has 3 heterocycles. The van der Waals surface area contributed by atoms with Gasteiger partial charge in [-0.25, -0.2) is 18.4 Å². The van der Waals surface area contributed by atoms with Crippen molar-refractivity contribution in [3.05, 3.63) is 71.4 Å². The van der Waals surface area contributed by atoms with Crippen molar-refractivity contribution in [2.45, 2.75) is 23.8 Å². The lowest BCUT2D eigenvalue weighted by Gasteiger charge is -2.20. The number of halogens is 1. The summed E-state index contributed by atoms with van der Waals surface area (Å²) in [6.07, 6.45) is 6.82. The molecule has 0 spiro atoms. The van der Waals surface area contributed by atoms with Gasteiger partial charge < -0.3 is 9.88 Å². The van der Waals surface area contributed by atoms with Gasteiger partial charge in [-0.1, -0.05) is 23.7 Å². The minimum atomic E-state index is -3.48. The lowest BCUT2D eigenvalue weighted by atomic mass is 10.1. The number of hydrogen-bond acceptors (Lipinski definition) is 5. The number of benzene rings is 1. The van der Waals surface area contributed by atoms with Crippen LogP contribution in [0.25, 0.3) is 0 Å². The molecule has 1 saturated heterocycles. The Morgan fingerprint density at radius 2 is 1.79 bits per heavy atom. The maximum Gasteiger partial charge on any atom is 0.244 e. The first-order valence-corrected chi connectivity index (χ1v) is 11.2. The molecule has 4 rings (SSSR count). The number of hydrogen-bond donors (Lipinski definition) is 1. The molecule has 29 heavy (non-hydrogen) atoms. The van der Waals surface area contributed by atoms with Crippen molar-refractivity contribution in [2.75, 3.05) is 18.4 Å². The van der Waals surface area contributed by atoms with E-state index in [-0.39, 0.29) is 10.9 Å². The van der Waals surface area contributed by atoms with E-state index in [1.165, 1.54) is 10.5 Å². The molecule has 1 atom stereocenters. The molecule has 7 nitrogen and oxygen atoms in total. The molecule has 0 bridgehead atoms. The van der Waals surface area contributed by atoms with Crippen LogP contribution in [-0.4, -0.2) is 40.3 Å².